The lowest BCUT2D eigenvalue weighted by Crippen LogP contribution is -2.39. The molecule has 1 saturated heterocycles. The van der Waals surface area contributed by atoms with Gasteiger partial charge in [0.15, 0.2) is 0 Å². The van der Waals surface area contributed by atoms with E-state index in [2.05, 4.69) is 16.8 Å². The first kappa shape index (κ1) is 21.3. The monoisotopic (exact) mass is 431 g/mol. The van der Waals surface area contributed by atoms with Crippen LogP contribution in [0.4, 0.5) is 11.5 Å². The summed E-state index contributed by atoms with van der Waals surface area (Å²) in [4.78, 5) is 11.4. The third-order valence-corrected chi connectivity index (χ3v) is 6.56. The molecule has 4 rings (SSSR count). The summed E-state index contributed by atoms with van der Waals surface area (Å²) in [5.74, 6) is 1.03. The Morgan fingerprint density at radius 2 is 1.97 bits per heavy atom. The second-order valence-electron chi connectivity index (χ2n) is 8.67. The van der Waals surface area contributed by atoms with E-state index in [0.29, 0.717) is 35.3 Å². The summed E-state index contributed by atoms with van der Waals surface area (Å²) in [5, 5.41) is 10.6. The maximum Gasteiger partial charge on any atom is 0.147 e. The van der Waals surface area contributed by atoms with Gasteiger partial charge in [0.2, 0.25) is 0 Å². The van der Waals surface area contributed by atoms with Crippen LogP contribution in [0.5, 0.6) is 0 Å². The van der Waals surface area contributed by atoms with Crippen molar-refractivity contribution in [3.63, 3.8) is 0 Å². The second-order valence-corrected chi connectivity index (χ2v) is 9.08. The molecule has 30 heavy (non-hydrogen) atoms. The molecule has 2 aliphatic rings. The first-order valence-electron chi connectivity index (χ1n) is 10.6. The van der Waals surface area contributed by atoms with Crippen molar-refractivity contribution in [1.29, 1.82) is 0 Å². The van der Waals surface area contributed by atoms with Crippen LogP contribution in [0, 0.1) is 0 Å². The van der Waals surface area contributed by atoms with Crippen LogP contribution < -0.4 is 16.4 Å². The topological polar surface area (TPSA) is 111 Å². The van der Waals surface area contributed by atoms with Gasteiger partial charge >= 0.3 is 0 Å². The number of nitrogens with zero attached hydrogens (tertiary/aromatic N) is 3. The Hall–Kier alpha value is -1.93. The Morgan fingerprint density at radius 1 is 1.27 bits per heavy atom. The van der Waals surface area contributed by atoms with Crippen molar-refractivity contribution in [2.45, 2.75) is 50.7 Å². The number of aromatic nitrogens is 2. The van der Waals surface area contributed by atoms with Crippen molar-refractivity contribution in [2.24, 2.45) is 5.73 Å². The molecule has 2 aromatic heterocycles. The molecule has 162 valence electrons. The predicted molar refractivity (Wildman–Crippen MR) is 120 cm³/mol. The van der Waals surface area contributed by atoms with Crippen molar-refractivity contribution in [3.8, 4) is 11.3 Å². The maximum absolute atomic E-state index is 10.0. The van der Waals surface area contributed by atoms with Crippen LogP contribution in [-0.4, -0.2) is 46.9 Å². The number of aliphatic hydroxyl groups excluding tert-OH is 1. The molecule has 2 fully saturated rings. The van der Waals surface area contributed by atoms with Gasteiger partial charge in [-0.2, -0.15) is 0 Å². The number of rotatable bonds is 4. The zero-order valence-corrected chi connectivity index (χ0v) is 18.2. The van der Waals surface area contributed by atoms with Crippen molar-refractivity contribution < 1.29 is 9.84 Å². The SMILES string of the molecule is CC1(N)CCC(c2c(N)cc(-c3cnc(N4CCOCC4)c(Cl)c3)nc2CO)CC1. The fourth-order valence-electron chi connectivity index (χ4n) is 4.51. The fraction of sp³-hybridized carbons (Fsp3) is 0.545. The zero-order valence-electron chi connectivity index (χ0n) is 17.4. The van der Waals surface area contributed by atoms with Crippen LogP contribution in [-0.2, 0) is 11.3 Å². The fourth-order valence-corrected chi connectivity index (χ4v) is 4.80. The summed E-state index contributed by atoms with van der Waals surface area (Å²) < 4.78 is 5.40. The number of halogens is 1. The molecule has 0 radical (unpaired) electrons. The average molecular weight is 432 g/mol. The summed E-state index contributed by atoms with van der Waals surface area (Å²) in [7, 11) is 0. The second kappa shape index (κ2) is 8.67. The lowest BCUT2D eigenvalue weighted by molar-refractivity contribution is 0.122. The van der Waals surface area contributed by atoms with E-state index >= 15 is 0 Å². The van der Waals surface area contributed by atoms with Crippen LogP contribution >= 0.6 is 11.6 Å². The number of nitrogen functional groups attached to an aromatic ring is 1. The zero-order chi connectivity index (χ0) is 21.3. The minimum absolute atomic E-state index is 0.122. The van der Waals surface area contributed by atoms with Crippen molar-refractivity contribution in [1.82, 2.24) is 9.97 Å². The number of anilines is 2. The molecule has 0 bridgehead atoms. The number of pyridine rings is 2. The van der Waals surface area contributed by atoms with Crippen molar-refractivity contribution in [2.75, 3.05) is 36.9 Å². The van der Waals surface area contributed by atoms with E-state index in [9.17, 15) is 5.11 Å². The Morgan fingerprint density at radius 3 is 2.60 bits per heavy atom. The largest absolute Gasteiger partial charge is 0.398 e. The Kier molecular flexibility index (Phi) is 6.16. The van der Waals surface area contributed by atoms with Crippen molar-refractivity contribution >= 4 is 23.1 Å². The molecule has 0 atom stereocenters. The lowest BCUT2D eigenvalue weighted by atomic mass is 9.75. The molecular formula is C22H30ClN5O2. The minimum atomic E-state index is -0.156. The average Bonchev–Trinajstić information content (AvgIpc) is 2.74. The number of ether oxygens (including phenoxy) is 1. The smallest absolute Gasteiger partial charge is 0.147 e. The third kappa shape index (κ3) is 4.39. The molecule has 3 heterocycles. The molecule has 0 aromatic carbocycles. The predicted octanol–water partition coefficient (Wildman–Crippen LogP) is 3.08. The number of hydrogen-bond donors (Lipinski definition) is 3. The van der Waals surface area contributed by atoms with E-state index in [0.717, 1.165) is 55.7 Å². The highest BCUT2D eigenvalue weighted by Crippen LogP contribution is 2.41. The van der Waals surface area contributed by atoms with E-state index < -0.39 is 0 Å². The molecule has 0 unspecified atom stereocenters. The highest BCUT2D eigenvalue weighted by molar-refractivity contribution is 6.33. The van der Waals surface area contributed by atoms with Gasteiger partial charge in [-0.25, -0.2) is 9.97 Å². The van der Waals surface area contributed by atoms with Crippen LogP contribution in [0.2, 0.25) is 5.02 Å². The van der Waals surface area contributed by atoms with Gasteiger partial charge in [0.05, 0.1) is 36.2 Å². The Labute approximate surface area is 182 Å². The number of hydrogen-bond acceptors (Lipinski definition) is 7. The molecule has 8 heteroatoms. The van der Waals surface area contributed by atoms with Gasteiger partial charge in [0, 0.05) is 41.6 Å². The van der Waals surface area contributed by atoms with Gasteiger partial charge in [-0.05, 0) is 50.7 Å². The first-order chi connectivity index (χ1) is 14.4. The third-order valence-electron chi connectivity index (χ3n) is 6.28. The summed E-state index contributed by atoms with van der Waals surface area (Å²) in [6, 6.07) is 3.73. The number of nitrogens with two attached hydrogens (primary N) is 2. The molecule has 5 N–H and O–H groups in total. The van der Waals surface area contributed by atoms with E-state index in [1.807, 2.05) is 12.1 Å². The summed E-state index contributed by atoms with van der Waals surface area (Å²) in [5.41, 5.74) is 16.3. The first-order valence-corrected chi connectivity index (χ1v) is 10.9. The molecule has 1 aliphatic carbocycles. The van der Waals surface area contributed by atoms with E-state index in [1.165, 1.54) is 0 Å². The van der Waals surface area contributed by atoms with Gasteiger partial charge in [-0.1, -0.05) is 11.6 Å². The molecule has 0 amide bonds. The quantitative estimate of drug-likeness (QED) is 0.682. The highest BCUT2D eigenvalue weighted by atomic mass is 35.5. The highest BCUT2D eigenvalue weighted by Gasteiger charge is 2.31. The minimum Gasteiger partial charge on any atom is -0.398 e. The van der Waals surface area contributed by atoms with Crippen LogP contribution in [0.1, 0.15) is 49.8 Å². The summed E-state index contributed by atoms with van der Waals surface area (Å²) >= 11 is 6.54. The van der Waals surface area contributed by atoms with Gasteiger partial charge in [0.25, 0.3) is 0 Å². The normalized spacial score (nSPS) is 24.8. The molecule has 0 spiro atoms. The van der Waals surface area contributed by atoms with E-state index in [-0.39, 0.29) is 18.1 Å². The molecule has 1 saturated carbocycles. The molecule has 7 nitrogen and oxygen atoms in total. The molecule has 2 aromatic rings. The number of morpholine rings is 1. The Bertz CT molecular complexity index is 905. The molecular weight excluding hydrogens is 402 g/mol. The van der Waals surface area contributed by atoms with Gasteiger partial charge in [-0.15, -0.1) is 0 Å². The van der Waals surface area contributed by atoms with Crippen LogP contribution in [0.3, 0.4) is 0 Å². The van der Waals surface area contributed by atoms with Crippen molar-refractivity contribution in [3.05, 3.63) is 34.6 Å². The van der Waals surface area contributed by atoms with Gasteiger partial charge in [0.1, 0.15) is 5.82 Å². The lowest BCUT2D eigenvalue weighted by Gasteiger charge is -2.35. The van der Waals surface area contributed by atoms with Crippen LogP contribution in [0.25, 0.3) is 11.3 Å². The van der Waals surface area contributed by atoms with Gasteiger partial charge in [-0.3, -0.25) is 0 Å². The number of aliphatic hydroxyl groups is 1. The van der Waals surface area contributed by atoms with Crippen LogP contribution in [0.15, 0.2) is 18.3 Å². The molecule has 1 aliphatic heterocycles. The maximum atomic E-state index is 10.0. The Balaban J connectivity index is 1.62. The van der Waals surface area contributed by atoms with E-state index in [4.69, 9.17) is 32.8 Å². The van der Waals surface area contributed by atoms with E-state index in [1.54, 1.807) is 6.20 Å². The standard InChI is InChI=1S/C22H30ClN5O2/c1-22(25)4-2-14(3-5-22)20-17(24)11-18(27-19(20)13-29)15-10-16(23)21(26-12-15)28-6-8-30-9-7-28/h10-12,14,29H,2-9,13,25H2,1H3,(H2,24,27). The summed E-state index contributed by atoms with van der Waals surface area (Å²) in [6.07, 6.45) is 5.54. The summed E-state index contributed by atoms with van der Waals surface area (Å²) in [6.45, 7) is 4.82. The van der Waals surface area contributed by atoms with Gasteiger partial charge < -0.3 is 26.2 Å².